The Morgan fingerprint density at radius 2 is 1.79 bits per heavy atom. The van der Waals surface area contributed by atoms with E-state index in [1.165, 1.54) is 0 Å². The van der Waals surface area contributed by atoms with Gasteiger partial charge in [0, 0.05) is 31.3 Å². The van der Waals surface area contributed by atoms with E-state index in [1.807, 2.05) is 55.4 Å². The number of ketones is 2. The summed E-state index contributed by atoms with van der Waals surface area (Å²) in [5.41, 5.74) is 5.76. The number of rotatable bonds is 5. The molecule has 0 radical (unpaired) electrons. The first kappa shape index (κ1) is 25.9. The van der Waals surface area contributed by atoms with E-state index in [-0.39, 0.29) is 36.1 Å². The van der Waals surface area contributed by atoms with E-state index in [4.69, 9.17) is 5.73 Å². The SMILES string of the molecule is CN(C)c1cc(CCc2ccccc2)c(O)c2c1C[C@H]1C[C@H]3CC(O)C(C(N)=O)C(=O)[C@@]3(O)C(O)=C1C2=O. The van der Waals surface area contributed by atoms with Gasteiger partial charge in [0.1, 0.15) is 17.4 Å². The zero-order valence-electron chi connectivity index (χ0n) is 21.3. The van der Waals surface area contributed by atoms with Crippen molar-refractivity contribution in [2.45, 2.75) is 43.8 Å². The maximum atomic E-state index is 13.9. The number of aryl methyl sites for hydroxylation is 2. The number of phenolic OH excluding ortho intramolecular Hbond substituents is 1. The van der Waals surface area contributed by atoms with Crippen LogP contribution in [0.5, 0.6) is 5.75 Å². The number of aliphatic hydroxyl groups excluding tert-OH is 2. The predicted molar refractivity (Wildman–Crippen MR) is 139 cm³/mol. The molecular formula is C29H32N2O7. The van der Waals surface area contributed by atoms with Crippen LogP contribution >= 0.6 is 0 Å². The van der Waals surface area contributed by atoms with Gasteiger partial charge in [-0.1, -0.05) is 30.3 Å². The summed E-state index contributed by atoms with van der Waals surface area (Å²) >= 11 is 0. The molecule has 3 aliphatic rings. The van der Waals surface area contributed by atoms with Crippen molar-refractivity contribution in [2.75, 3.05) is 19.0 Å². The minimum absolute atomic E-state index is 0.0499. The Bertz CT molecular complexity index is 1370. The number of nitrogens with two attached hydrogens (primary N) is 1. The monoisotopic (exact) mass is 520 g/mol. The topological polar surface area (TPSA) is 161 Å². The second kappa shape index (κ2) is 9.25. The number of hydrogen-bond acceptors (Lipinski definition) is 8. The molecule has 1 fully saturated rings. The van der Waals surface area contributed by atoms with Crippen LogP contribution in [0, 0.1) is 17.8 Å². The van der Waals surface area contributed by atoms with Gasteiger partial charge in [-0.25, -0.2) is 0 Å². The van der Waals surface area contributed by atoms with Gasteiger partial charge in [-0.15, -0.1) is 0 Å². The molecule has 0 aliphatic heterocycles. The van der Waals surface area contributed by atoms with E-state index in [9.17, 15) is 34.8 Å². The van der Waals surface area contributed by atoms with Crippen LogP contribution in [0.3, 0.4) is 0 Å². The number of carbonyl (C=O) groups is 3. The number of Topliss-reactive ketones (excluding diaryl/α,β-unsaturated/α-hetero) is 2. The van der Waals surface area contributed by atoms with E-state index in [0.717, 1.165) is 11.3 Å². The van der Waals surface area contributed by atoms with Crippen molar-refractivity contribution < 1.29 is 34.8 Å². The lowest BCUT2D eigenvalue weighted by molar-refractivity contribution is -0.167. The lowest BCUT2D eigenvalue weighted by atomic mass is 9.57. The minimum atomic E-state index is -2.51. The van der Waals surface area contributed by atoms with E-state index in [1.54, 1.807) is 0 Å². The Labute approximate surface area is 220 Å². The summed E-state index contributed by atoms with van der Waals surface area (Å²) in [5.74, 6) is -6.99. The predicted octanol–water partition coefficient (Wildman–Crippen LogP) is 1.60. The van der Waals surface area contributed by atoms with E-state index < -0.39 is 52.7 Å². The van der Waals surface area contributed by atoms with Crippen molar-refractivity contribution in [3.8, 4) is 5.75 Å². The van der Waals surface area contributed by atoms with E-state index in [2.05, 4.69) is 0 Å². The second-order valence-electron chi connectivity index (χ2n) is 10.9. The first-order valence-corrected chi connectivity index (χ1v) is 12.8. The molecule has 0 aromatic heterocycles. The number of aromatic hydroxyl groups is 1. The minimum Gasteiger partial charge on any atom is -0.508 e. The lowest BCUT2D eigenvalue weighted by Crippen LogP contribution is -2.63. The van der Waals surface area contributed by atoms with Crippen LogP contribution in [0.2, 0.25) is 0 Å². The number of fused-ring (bicyclic) bond motifs is 3. The Morgan fingerprint density at radius 1 is 1.11 bits per heavy atom. The maximum absolute atomic E-state index is 13.9. The van der Waals surface area contributed by atoms with Crippen LogP contribution in [0.15, 0.2) is 47.7 Å². The molecule has 38 heavy (non-hydrogen) atoms. The molecular weight excluding hydrogens is 488 g/mol. The fourth-order valence-electron chi connectivity index (χ4n) is 6.54. The fourth-order valence-corrected chi connectivity index (χ4v) is 6.54. The van der Waals surface area contributed by atoms with Crippen LogP contribution in [-0.2, 0) is 28.9 Å². The molecule has 0 heterocycles. The van der Waals surface area contributed by atoms with Gasteiger partial charge < -0.3 is 31.1 Å². The zero-order valence-corrected chi connectivity index (χ0v) is 21.3. The van der Waals surface area contributed by atoms with Gasteiger partial charge >= 0.3 is 0 Å². The van der Waals surface area contributed by atoms with E-state index in [0.29, 0.717) is 24.0 Å². The van der Waals surface area contributed by atoms with Crippen LogP contribution in [0.4, 0.5) is 5.69 Å². The number of primary amides is 1. The van der Waals surface area contributed by atoms with Gasteiger partial charge in [0.05, 0.1) is 11.7 Å². The van der Waals surface area contributed by atoms with Crippen molar-refractivity contribution in [3.63, 3.8) is 0 Å². The van der Waals surface area contributed by atoms with Crippen molar-refractivity contribution >= 4 is 23.2 Å². The molecule has 0 saturated heterocycles. The van der Waals surface area contributed by atoms with Gasteiger partial charge in [-0.3, -0.25) is 14.4 Å². The quantitative estimate of drug-likeness (QED) is 0.372. The third-order valence-electron chi connectivity index (χ3n) is 8.45. The molecule has 2 aromatic carbocycles. The summed E-state index contributed by atoms with van der Waals surface area (Å²) in [5, 5.41) is 44.4. The molecule has 9 heteroatoms. The van der Waals surface area contributed by atoms with Gasteiger partial charge in [-0.05, 0) is 60.8 Å². The summed E-state index contributed by atoms with van der Waals surface area (Å²) in [6.45, 7) is 0. The zero-order chi connectivity index (χ0) is 27.5. The Kier molecular flexibility index (Phi) is 6.31. The molecule has 5 atom stereocenters. The molecule has 0 bridgehead atoms. The number of nitrogens with zero attached hydrogens (tertiary/aromatic N) is 1. The highest BCUT2D eigenvalue weighted by molar-refractivity contribution is 6.16. The highest BCUT2D eigenvalue weighted by Crippen LogP contribution is 2.53. The number of allylic oxidation sites excluding steroid dienone is 1. The Hall–Kier alpha value is -3.69. The fraction of sp³-hybridized carbons (Fsp3) is 0.414. The van der Waals surface area contributed by atoms with Crippen molar-refractivity contribution in [2.24, 2.45) is 23.5 Å². The highest BCUT2D eigenvalue weighted by atomic mass is 16.3. The number of anilines is 1. The van der Waals surface area contributed by atoms with Crippen LogP contribution < -0.4 is 10.6 Å². The van der Waals surface area contributed by atoms with Crippen molar-refractivity contribution in [3.05, 3.63) is 70.0 Å². The molecule has 6 N–H and O–H groups in total. The molecule has 1 amide bonds. The van der Waals surface area contributed by atoms with Gasteiger partial charge in [0.2, 0.25) is 5.91 Å². The van der Waals surface area contributed by atoms with Gasteiger partial charge in [0.25, 0.3) is 0 Å². The number of aliphatic hydroxyl groups is 3. The number of phenols is 1. The first-order chi connectivity index (χ1) is 18.0. The molecule has 0 spiro atoms. The lowest BCUT2D eigenvalue weighted by Gasteiger charge is -2.48. The average Bonchev–Trinajstić information content (AvgIpc) is 2.86. The smallest absolute Gasteiger partial charge is 0.230 e. The maximum Gasteiger partial charge on any atom is 0.230 e. The van der Waals surface area contributed by atoms with Crippen LogP contribution in [0.25, 0.3) is 0 Å². The third kappa shape index (κ3) is 3.80. The first-order valence-electron chi connectivity index (χ1n) is 12.8. The second-order valence-corrected chi connectivity index (χ2v) is 10.9. The molecule has 200 valence electrons. The molecule has 9 nitrogen and oxygen atoms in total. The van der Waals surface area contributed by atoms with Crippen molar-refractivity contribution in [1.29, 1.82) is 0 Å². The van der Waals surface area contributed by atoms with Crippen LogP contribution in [-0.4, -0.2) is 63.7 Å². The van der Waals surface area contributed by atoms with Crippen LogP contribution in [0.1, 0.15) is 39.9 Å². The highest BCUT2D eigenvalue weighted by Gasteiger charge is 2.62. The third-order valence-corrected chi connectivity index (χ3v) is 8.45. The number of amides is 1. The number of benzene rings is 2. The summed E-state index contributed by atoms with van der Waals surface area (Å²) in [7, 11) is 3.70. The van der Waals surface area contributed by atoms with Crippen molar-refractivity contribution in [1.82, 2.24) is 0 Å². The van der Waals surface area contributed by atoms with Gasteiger partial charge in [-0.2, -0.15) is 0 Å². The van der Waals surface area contributed by atoms with E-state index >= 15 is 0 Å². The Balaban J connectivity index is 1.61. The Morgan fingerprint density at radius 3 is 2.42 bits per heavy atom. The molecule has 3 aliphatic carbocycles. The largest absolute Gasteiger partial charge is 0.508 e. The molecule has 2 unspecified atom stereocenters. The molecule has 1 saturated carbocycles. The standard InChI is InChI=1S/C29H32N2O7/c1-31(2)19-12-15(9-8-14-6-4-3-5-7-14)24(33)22-18(19)11-16-10-17-13-20(32)23(28(30)37)27(36)29(17,38)26(35)21(16)25(22)34/h3-7,12,16-17,20,23,32-33,35,38H,8-11,13H2,1-2H3,(H2,30,37)/t16-,17+,20?,23?,29+/m1/s1. The molecule has 2 aromatic rings. The summed E-state index contributed by atoms with van der Waals surface area (Å²) < 4.78 is 0. The summed E-state index contributed by atoms with van der Waals surface area (Å²) in [6.07, 6.45) is 0.00997. The molecule has 5 rings (SSSR count). The van der Waals surface area contributed by atoms with Gasteiger partial charge in [0.15, 0.2) is 17.2 Å². The normalized spacial score (nSPS) is 28.4. The number of carbonyl (C=O) groups excluding carboxylic acids is 3. The average molecular weight is 521 g/mol. The summed E-state index contributed by atoms with van der Waals surface area (Å²) in [6, 6.07) is 11.6. The number of hydrogen-bond donors (Lipinski definition) is 5. The summed E-state index contributed by atoms with van der Waals surface area (Å²) in [4.78, 5) is 40.9.